The van der Waals surface area contributed by atoms with Gasteiger partial charge in [-0.25, -0.2) is 0 Å². The fourth-order valence-corrected chi connectivity index (χ4v) is 1.12. The van der Waals surface area contributed by atoms with E-state index in [1.54, 1.807) is 12.1 Å². The van der Waals surface area contributed by atoms with Crippen LogP contribution in [0.3, 0.4) is 0 Å². The average Bonchev–Trinajstić information content (AvgIpc) is 2.03. The number of ketones is 1. The van der Waals surface area contributed by atoms with E-state index in [2.05, 4.69) is 0 Å². The molecule has 0 fully saturated rings. The number of nitrogen functional groups attached to an aromatic ring is 1. The van der Waals surface area contributed by atoms with Crippen molar-refractivity contribution in [1.82, 2.24) is 4.90 Å². The number of carbonyl (C=O) groups is 1. The molecule has 0 bridgehead atoms. The molecule has 0 saturated heterocycles. The standard InChI is InChI=1S/C10H14N2O/c1-12(2)7-10(13)8-5-3-4-6-9(8)11/h3-6H,7,11H2,1-2H3. The highest BCUT2D eigenvalue weighted by Crippen LogP contribution is 2.11. The maximum absolute atomic E-state index is 11.6. The number of nitrogens with two attached hydrogens (primary N) is 1. The van der Waals surface area contributed by atoms with Gasteiger partial charge in [-0.3, -0.25) is 4.79 Å². The van der Waals surface area contributed by atoms with Gasteiger partial charge in [-0.05, 0) is 26.2 Å². The zero-order chi connectivity index (χ0) is 9.84. The Morgan fingerprint density at radius 3 is 2.54 bits per heavy atom. The maximum atomic E-state index is 11.6. The first-order valence-electron chi connectivity index (χ1n) is 4.13. The molecule has 13 heavy (non-hydrogen) atoms. The Bertz CT molecular complexity index is 308. The predicted octanol–water partition coefficient (Wildman–Crippen LogP) is 1.01. The van der Waals surface area contributed by atoms with Crippen molar-refractivity contribution in [1.29, 1.82) is 0 Å². The van der Waals surface area contributed by atoms with Gasteiger partial charge in [-0.2, -0.15) is 0 Å². The minimum absolute atomic E-state index is 0.0584. The van der Waals surface area contributed by atoms with Crippen LogP contribution in [-0.4, -0.2) is 31.3 Å². The van der Waals surface area contributed by atoms with Crippen molar-refractivity contribution in [3.8, 4) is 0 Å². The predicted molar refractivity (Wildman–Crippen MR) is 53.7 cm³/mol. The molecule has 0 spiro atoms. The number of likely N-dealkylation sites (N-methyl/N-ethyl adjacent to an activating group) is 1. The van der Waals surface area contributed by atoms with Crippen molar-refractivity contribution in [3.05, 3.63) is 29.8 Å². The molecule has 3 heteroatoms. The average molecular weight is 178 g/mol. The lowest BCUT2D eigenvalue weighted by molar-refractivity contribution is 0.0958. The third-order valence-corrected chi connectivity index (χ3v) is 1.72. The van der Waals surface area contributed by atoms with Crippen molar-refractivity contribution in [3.63, 3.8) is 0 Å². The summed E-state index contributed by atoms with van der Waals surface area (Å²) in [6.07, 6.45) is 0. The summed E-state index contributed by atoms with van der Waals surface area (Å²) in [6, 6.07) is 7.13. The van der Waals surface area contributed by atoms with E-state index in [1.807, 2.05) is 31.1 Å². The Morgan fingerprint density at radius 1 is 1.38 bits per heavy atom. The number of anilines is 1. The van der Waals surface area contributed by atoms with E-state index in [0.29, 0.717) is 17.8 Å². The Labute approximate surface area is 78.2 Å². The fraction of sp³-hybridized carbons (Fsp3) is 0.300. The summed E-state index contributed by atoms with van der Waals surface area (Å²) < 4.78 is 0. The van der Waals surface area contributed by atoms with E-state index in [4.69, 9.17) is 5.73 Å². The van der Waals surface area contributed by atoms with Gasteiger partial charge in [0.2, 0.25) is 0 Å². The Balaban J connectivity index is 2.83. The summed E-state index contributed by atoms with van der Waals surface area (Å²) in [5.74, 6) is 0.0584. The van der Waals surface area contributed by atoms with Crippen molar-refractivity contribution in [2.45, 2.75) is 0 Å². The number of hydrogen-bond donors (Lipinski definition) is 1. The highest BCUT2D eigenvalue weighted by molar-refractivity contribution is 6.01. The normalized spacial score (nSPS) is 10.4. The number of para-hydroxylation sites is 1. The lowest BCUT2D eigenvalue weighted by atomic mass is 10.1. The molecule has 1 aromatic carbocycles. The van der Waals surface area contributed by atoms with Gasteiger partial charge in [0.1, 0.15) is 0 Å². The van der Waals surface area contributed by atoms with Gasteiger partial charge in [-0.15, -0.1) is 0 Å². The van der Waals surface area contributed by atoms with Gasteiger partial charge in [0.05, 0.1) is 6.54 Å². The third-order valence-electron chi connectivity index (χ3n) is 1.72. The highest BCUT2D eigenvalue weighted by Gasteiger charge is 2.08. The molecule has 2 N–H and O–H groups in total. The molecule has 0 unspecified atom stereocenters. The van der Waals surface area contributed by atoms with Crippen LogP contribution in [-0.2, 0) is 0 Å². The van der Waals surface area contributed by atoms with Crippen LogP contribution < -0.4 is 5.73 Å². The molecule has 0 saturated carbocycles. The second-order valence-electron chi connectivity index (χ2n) is 3.25. The molecule has 0 aliphatic heterocycles. The zero-order valence-corrected chi connectivity index (χ0v) is 7.95. The molecule has 0 aliphatic carbocycles. The Kier molecular flexibility index (Phi) is 3.03. The quantitative estimate of drug-likeness (QED) is 0.555. The summed E-state index contributed by atoms with van der Waals surface area (Å²) in [4.78, 5) is 13.4. The summed E-state index contributed by atoms with van der Waals surface area (Å²) in [6.45, 7) is 0.397. The zero-order valence-electron chi connectivity index (χ0n) is 7.95. The minimum atomic E-state index is 0.0584. The molecule has 0 aliphatic rings. The topological polar surface area (TPSA) is 46.3 Å². The first kappa shape index (κ1) is 9.74. The van der Waals surface area contributed by atoms with Crippen LogP contribution in [0, 0.1) is 0 Å². The van der Waals surface area contributed by atoms with E-state index in [1.165, 1.54) is 0 Å². The molecule has 1 rings (SSSR count). The number of carbonyl (C=O) groups excluding carboxylic acids is 1. The van der Waals surface area contributed by atoms with Crippen LogP contribution in [0.25, 0.3) is 0 Å². The number of benzene rings is 1. The van der Waals surface area contributed by atoms with Crippen LogP contribution >= 0.6 is 0 Å². The highest BCUT2D eigenvalue weighted by atomic mass is 16.1. The van der Waals surface area contributed by atoms with Gasteiger partial charge in [-0.1, -0.05) is 12.1 Å². The maximum Gasteiger partial charge on any atom is 0.178 e. The molecule has 1 aromatic rings. The van der Waals surface area contributed by atoms with Gasteiger partial charge < -0.3 is 10.6 Å². The van der Waals surface area contributed by atoms with Crippen LogP contribution in [0.5, 0.6) is 0 Å². The molecule has 0 radical (unpaired) electrons. The summed E-state index contributed by atoms with van der Waals surface area (Å²) in [5, 5.41) is 0. The van der Waals surface area contributed by atoms with Gasteiger partial charge in [0, 0.05) is 11.3 Å². The van der Waals surface area contributed by atoms with E-state index < -0.39 is 0 Å². The molecule has 0 amide bonds. The van der Waals surface area contributed by atoms with E-state index in [9.17, 15) is 4.79 Å². The van der Waals surface area contributed by atoms with Crippen molar-refractivity contribution in [2.75, 3.05) is 26.4 Å². The van der Waals surface area contributed by atoms with Crippen LogP contribution in [0.15, 0.2) is 24.3 Å². The van der Waals surface area contributed by atoms with Crippen molar-refractivity contribution < 1.29 is 4.79 Å². The fourth-order valence-electron chi connectivity index (χ4n) is 1.12. The van der Waals surface area contributed by atoms with Crippen LogP contribution in [0.4, 0.5) is 5.69 Å². The molecule has 0 heterocycles. The van der Waals surface area contributed by atoms with Gasteiger partial charge in [0.15, 0.2) is 5.78 Å². The SMILES string of the molecule is CN(C)CC(=O)c1ccccc1N. The number of rotatable bonds is 3. The molecule has 3 nitrogen and oxygen atoms in total. The van der Waals surface area contributed by atoms with Gasteiger partial charge >= 0.3 is 0 Å². The van der Waals surface area contributed by atoms with E-state index >= 15 is 0 Å². The van der Waals surface area contributed by atoms with Crippen LogP contribution in [0.2, 0.25) is 0 Å². The van der Waals surface area contributed by atoms with Crippen molar-refractivity contribution in [2.24, 2.45) is 0 Å². The van der Waals surface area contributed by atoms with Crippen molar-refractivity contribution >= 4 is 11.5 Å². The smallest absolute Gasteiger partial charge is 0.178 e. The Morgan fingerprint density at radius 2 is 2.00 bits per heavy atom. The monoisotopic (exact) mass is 178 g/mol. The molecule has 0 atom stereocenters. The van der Waals surface area contributed by atoms with E-state index in [-0.39, 0.29) is 5.78 Å². The number of Topliss-reactive ketones (excluding diaryl/α,β-unsaturated/α-hetero) is 1. The van der Waals surface area contributed by atoms with E-state index in [0.717, 1.165) is 0 Å². The molecular weight excluding hydrogens is 164 g/mol. The summed E-state index contributed by atoms with van der Waals surface area (Å²) >= 11 is 0. The van der Waals surface area contributed by atoms with Crippen LogP contribution in [0.1, 0.15) is 10.4 Å². The third kappa shape index (κ3) is 2.56. The number of nitrogens with zero attached hydrogens (tertiary/aromatic N) is 1. The van der Waals surface area contributed by atoms with Gasteiger partial charge in [0.25, 0.3) is 0 Å². The first-order chi connectivity index (χ1) is 6.11. The molecule has 0 aromatic heterocycles. The lowest BCUT2D eigenvalue weighted by Crippen LogP contribution is -2.22. The lowest BCUT2D eigenvalue weighted by Gasteiger charge is -2.09. The summed E-state index contributed by atoms with van der Waals surface area (Å²) in [7, 11) is 3.72. The second kappa shape index (κ2) is 4.05. The minimum Gasteiger partial charge on any atom is -0.398 e. The Hall–Kier alpha value is -1.35. The number of hydrogen-bond acceptors (Lipinski definition) is 3. The largest absolute Gasteiger partial charge is 0.398 e. The molecule has 70 valence electrons. The molecular formula is C10H14N2O. The first-order valence-corrected chi connectivity index (χ1v) is 4.13. The second-order valence-corrected chi connectivity index (χ2v) is 3.25. The summed E-state index contributed by atoms with van der Waals surface area (Å²) in [5.41, 5.74) is 6.82.